The SMILES string of the molecule is CO/N=C/c1ccc(OCCC2CCN(c3nc(OC)nc(OC)n3)CC2)cc1. The van der Waals surface area contributed by atoms with Gasteiger partial charge >= 0.3 is 12.0 Å². The van der Waals surface area contributed by atoms with Crippen LogP contribution in [0.15, 0.2) is 29.4 Å². The molecule has 1 saturated heterocycles. The maximum Gasteiger partial charge on any atom is 0.324 e. The van der Waals surface area contributed by atoms with Crippen LogP contribution in [0.5, 0.6) is 17.8 Å². The number of nitrogens with zero attached hydrogens (tertiary/aromatic N) is 5. The lowest BCUT2D eigenvalue weighted by molar-refractivity contribution is 0.215. The molecule has 0 radical (unpaired) electrons. The number of rotatable bonds is 9. The fourth-order valence-electron chi connectivity index (χ4n) is 3.18. The average Bonchev–Trinajstić information content (AvgIpc) is 2.78. The van der Waals surface area contributed by atoms with Gasteiger partial charge in [-0.05, 0) is 55.0 Å². The topological polar surface area (TPSA) is 91.2 Å². The number of ether oxygens (including phenoxy) is 3. The van der Waals surface area contributed by atoms with E-state index in [0.717, 1.165) is 43.7 Å². The monoisotopic (exact) mass is 401 g/mol. The van der Waals surface area contributed by atoms with Gasteiger partial charge in [0.2, 0.25) is 5.95 Å². The lowest BCUT2D eigenvalue weighted by atomic mass is 9.94. The molecule has 29 heavy (non-hydrogen) atoms. The molecule has 1 aliphatic rings. The van der Waals surface area contributed by atoms with E-state index in [1.807, 2.05) is 24.3 Å². The summed E-state index contributed by atoms with van der Waals surface area (Å²) in [5, 5.41) is 3.75. The highest BCUT2D eigenvalue weighted by Gasteiger charge is 2.22. The van der Waals surface area contributed by atoms with Gasteiger partial charge in [-0.1, -0.05) is 5.16 Å². The first-order chi connectivity index (χ1) is 14.2. The van der Waals surface area contributed by atoms with E-state index in [2.05, 4.69) is 29.8 Å². The second-order valence-corrected chi connectivity index (χ2v) is 6.66. The maximum absolute atomic E-state index is 5.88. The van der Waals surface area contributed by atoms with Crippen molar-refractivity contribution in [3.63, 3.8) is 0 Å². The van der Waals surface area contributed by atoms with Crippen LogP contribution in [-0.2, 0) is 4.84 Å². The molecule has 0 atom stereocenters. The van der Waals surface area contributed by atoms with E-state index in [1.165, 1.54) is 21.3 Å². The number of hydrogen-bond acceptors (Lipinski definition) is 9. The summed E-state index contributed by atoms with van der Waals surface area (Å²) < 4.78 is 16.1. The summed E-state index contributed by atoms with van der Waals surface area (Å²) in [5.74, 6) is 2.08. The first-order valence-electron chi connectivity index (χ1n) is 9.60. The first-order valence-corrected chi connectivity index (χ1v) is 9.60. The van der Waals surface area contributed by atoms with E-state index >= 15 is 0 Å². The first kappa shape index (κ1) is 20.6. The summed E-state index contributed by atoms with van der Waals surface area (Å²) in [6, 6.07) is 8.33. The third-order valence-electron chi connectivity index (χ3n) is 4.83. The van der Waals surface area contributed by atoms with Gasteiger partial charge in [0.1, 0.15) is 12.9 Å². The Morgan fingerprint density at radius 3 is 2.24 bits per heavy atom. The molecule has 1 fully saturated rings. The van der Waals surface area contributed by atoms with Crippen molar-refractivity contribution in [3.8, 4) is 17.8 Å². The summed E-state index contributed by atoms with van der Waals surface area (Å²) in [6.07, 6.45) is 4.80. The van der Waals surface area contributed by atoms with Crippen molar-refractivity contribution < 1.29 is 19.0 Å². The third kappa shape index (κ3) is 5.94. The van der Waals surface area contributed by atoms with Gasteiger partial charge in [0.05, 0.1) is 27.0 Å². The smallest absolute Gasteiger partial charge is 0.324 e. The predicted octanol–water partition coefficient (Wildman–Crippen LogP) is 2.55. The van der Waals surface area contributed by atoms with Gasteiger partial charge in [0, 0.05) is 13.1 Å². The van der Waals surface area contributed by atoms with Gasteiger partial charge in [-0.3, -0.25) is 0 Å². The van der Waals surface area contributed by atoms with Gasteiger partial charge in [0.15, 0.2) is 0 Å². The van der Waals surface area contributed by atoms with E-state index in [9.17, 15) is 0 Å². The minimum Gasteiger partial charge on any atom is -0.494 e. The molecule has 0 N–H and O–H groups in total. The van der Waals surface area contributed by atoms with Crippen molar-refractivity contribution in [1.82, 2.24) is 15.0 Å². The highest BCUT2D eigenvalue weighted by atomic mass is 16.6. The molecular formula is C20H27N5O4. The standard InChI is InChI=1S/C20H27N5O4/c1-26-19-22-18(23-20(24-19)27-2)25-11-8-15(9-12-25)10-13-29-17-6-4-16(5-7-17)14-21-28-3/h4-7,14-15H,8-13H2,1-3H3/b21-14+. The van der Waals surface area contributed by atoms with E-state index < -0.39 is 0 Å². The van der Waals surface area contributed by atoms with Gasteiger partial charge < -0.3 is 23.9 Å². The average molecular weight is 401 g/mol. The maximum atomic E-state index is 5.88. The van der Waals surface area contributed by atoms with E-state index in [1.54, 1.807) is 6.21 Å². The van der Waals surface area contributed by atoms with E-state index in [0.29, 0.717) is 18.5 Å². The number of methoxy groups -OCH3 is 2. The normalized spacial score (nSPS) is 14.8. The predicted molar refractivity (Wildman–Crippen MR) is 109 cm³/mol. The minimum atomic E-state index is 0.266. The molecule has 3 rings (SSSR count). The van der Waals surface area contributed by atoms with Crippen molar-refractivity contribution in [2.45, 2.75) is 19.3 Å². The summed E-state index contributed by atoms with van der Waals surface area (Å²) in [5.41, 5.74) is 0.971. The molecule has 1 aromatic carbocycles. The van der Waals surface area contributed by atoms with Crippen LogP contribution in [0.1, 0.15) is 24.8 Å². The highest BCUT2D eigenvalue weighted by molar-refractivity contribution is 5.79. The Hall–Kier alpha value is -3.10. The lowest BCUT2D eigenvalue weighted by Gasteiger charge is -2.32. The number of benzene rings is 1. The Morgan fingerprint density at radius 1 is 1.00 bits per heavy atom. The van der Waals surface area contributed by atoms with Gasteiger partial charge in [-0.15, -0.1) is 4.98 Å². The van der Waals surface area contributed by atoms with Gasteiger partial charge in [-0.2, -0.15) is 9.97 Å². The third-order valence-corrected chi connectivity index (χ3v) is 4.83. The lowest BCUT2D eigenvalue weighted by Crippen LogP contribution is -2.35. The Bertz CT molecular complexity index is 770. The Labute approximate surface area is 170 Å². The van der Waals surface area contributed by atoms with Crippen LogP contribution in [0.2, 0.25) is 0 Å². The molecule has 0 saturated carbocycles. The van der Waals surface area contributed by atoms with Crippen LogP contribution in [0.25, 0.3) is 0 Å². The molecule has 0 unspecified atom stereocenters. The van der Waals surface area contributed by atoms with Crippen LogP contribution < -0.4 is 19.1 Å². The quantitative estimate of drug-likeness (QED) is 0.468. The van der Waals surface area contributed by atoms with Crippen LogP contribution in [-0.4, -0.2) is 62.2 Å². The molecule has 0 spiro atoms. The van der Waals surface area contributed by atoms with Crippen molar-refractivity contribution in [1.29, 1.82) is 0 Å². The summed E-state index contributed by atoms with van der Waals surface area (Å²) in [7, 11) is 4.59. The summed E-state index contributed by atoms with van der Waals surface area (Å²) in [6.45, 7) is 2.46. The van der Waals surface area contributed by atoms with Crippen LogP contribution in [0, 0.1) is 5.92 Å². The molecule has 2 aromatic rings. The summed E-state index contributed by atoms with van der Waals surface area (Å²) in [4.78, 5) is 19.5. The molecule has 156 valence electrons. The molecule has 0 amide bonds. The molecule has 9 nitrogen and oxygen atoms in total. The van der Waals surface area contributed by atoms with Crippen molar-refractivity contribution in [2.75, 3.05) is 45.9 Å². The van der Waals surface area contributed by atoms with Crippen LogP contribution in [0.3, 0.4) is 0 Å². The second kappa shape index (κ2) is 10.4. The molecule has 2 heterocycles. The molecule has 1 aromatic heterocycles. The number of oxime groups is 1. The zero-order valence-corrected chi connectivity index (χ0v) is 17.1. The molecular weight excluding hydrogens is 374 g/mol. The molecule has 9 heteroatoms. The van der Waals surface area contributed by atoms with E-state index in [4.69, 9.17) is 14.2 Å². The fourth-order valence-corrected chi connectivity index (χ4v) is 3.18. The molecule has 0 aliphatic carbocycles. The minimum absolute atomic E-state index is 0.266. The zero-order valence-electron chi connectivity index (χ0n) is 17.1. The Morgan fingerprint density at radius 2 is 1.66 bits per heavy atom. The number of piperidine rings is 1. The van der Waals surface area contributed by atoms with E-state index in [-0.39, 0.29) is 12.0 Å². The van der Waals surface area contributed by atoms with Crippen molar-refractivity contribution >= 4 is 12.2 Å². The number of anilines is 1. The summed E-state index contributed by atoms with van der Waals surface area (Å²) >= 11 is 0. The molecule has 0 bridgehead atoms. The van der Waals surface area contributed by atoms with Gasteiger partial charge in [0.25, 0.3) is 0 Å². The zero-order chi connectivity index (χ0) is 20.5. The van der Waals surface area contributed by atoms with Crippen LogP contribution >= 0.6 is 0 Å². The van der Waals surface area contributed by atoms with Crippen LogP contribution in [0.4, 0.5) is 5.95 Å². The highest BCUT2D eigenvalue weighted by Crippen LogP contribution is 2.25. The number of hydrogen-bond donors (Lipinski definition) is 0. The Balaban J connectivity index is 1.44. The number of aromatic nitrogens is 3. The molecule has 1 aliphatic heterocycles. The fraction of sp³-hybridized carbons (Fsp3) is 0.500. The van der Waals surface area contributed by atoms with Crippen molar-refractivity contribution in [2.24, 2.45) is 11.1 Å². The van der Waals surface area contributed by atoms with Crippen molar-refractivity contribution in [3.05, 3.63) is 29.8 Å². The van der Waals surface area contributed by atoms with Gasteiger partial charge in [-0.25, -0.2) is 0 Å². The largest absolute Gasteiger partial charge is 0.494 e. The Kier molecular flexibility index (Phi) is 7.43. The second-order valence-electron chi connectivity index (χ2n) is 6.66.